The van der Waals surface area contributed by atoms with Gasteiger partial charge >= 0.3 is 12.3 Å². The van der Waals surface area contributed by atoms with Crippen molar-refractivity contribution in [3.8, 4) is 0 Å². The molecule has 2 heterocycles. The molecule has 2 N–H and O–H groups in total. The first kappa shape index (κ1) is 33.8. The maximum Gasteiger partial charge on any atom is 0.408 e. The first-order valence-corrected chi connectivity index (χ1v) is 14.2. The Bertz CT molecular complexity index is 1190. The van der Waals surface area contributed by atoms with Gasteiger partial charge in [0.15, 0.2) is 6.23 Å². The molecule has 43 heavy (non-hydrogen) atoms. The Morgan fingerprint density at radius 1 is 1.00 bits per heavy atom. The molecule has 4 amide bonds. The predicted molar refractivity (Wildman–Crippen MR) is 150 cm³/mol. The molecule has 2 unspecified atom stereocenters. The number of hydrogen-bond acceptors (Lipinski definition) is 7. The molecule has 0 spiro atoms. The summed E-state index contributed by atoms with van der Waals surface area (Å²) in [5.41, 5.74) is -1.59. The van der Waals surface area contributed by atoms with Gasteiger partial charge in [-0.1, -0.05) is 58.0 Å². The minimum Gasteiger partial charge on any atom is -0.445 e. The summed E-state index contributed by atoms with van der Waals surface area (Å²) in [5, 5.41) is 5.87. The lowest BCUT2D eigenvalue weighted by atomic mass is 9.91. The molecule has 4 atom stereocenters. The average molecular weight is 612 g/mol. The number of alkyl carbamates (subject to hydrolysis) is 1. The Balaban J connectivity index is 1.65. The number of likely N-dealkylation sites (tertiary alicyclic amines) is 1. The molecule has 0 aliphatic carbocycles. The molecule has 2 aliphatic rings. The fourth-order valence-corrected chi connectivity index (χ4v) is 4.64. The fourth-order valence-electron chi connectivity index (χ4n) is 4.64. The maximum atomic E-state index is 13.6. The van der Waals surface area contributed by atoms with Crippen molar-refractivity contribution in [1.29, 1.82) is 0 Å². The molecule has 238 valence electrons. The standard InChI is InChI=1S/C29H40F3N5O6/c1-17(2)21(35-27(41)42-15-19-11-8-7-9-12-19)24(39)36-14-10-13-20(36)23(38)34-22(18(3)4)25(40)37-16-33-26(43-37)28(5,6)29(30,31)32/h7-9,11-12,16-18,20-22,26H,10,13-15H2,1-6H3,(H,34,38)(H,35,41)/t20-,21-,22?,26?/m0/s1. The summed E-state index contributed by atoms with van der Waals surface area (Å²) < 4.78 is 45.6. The first-order valence-electron chi connectivity index (χ1n) is 14.2. The van der Waals surface area contributed by atoms with E-state index in [1.165, 1.54) is 4.90 Å². The van der Waals surface area contributed by atoms with Gasteiger partial charge in [-0.25, -0.2) is 14.6 Å². The highest BCUT2D eigenvalue weighted by atomic mass is 19.4. The lowest BCUT2D eigenvalue weighted by Gasteiger charge is -2.33. The third kappa shape index (κ3) is 8.03. The minimum absolute atomic E-state index is 0.0188. The van der Waals surface area contributed by atoms with Crippen LogP contribution in [0.1, 0.15) is 59.9 Å². The molecular formula is C29H40F3N5O6. The van der Waals surface area contributed by atoms with E-state index < -0.39 is 65.7 Å². The number of alkyl halides is 3. The van der Waals surface area contributed by atoms with Crippen molar-refractivity contribution in [2.75, 3.05) is 6.54 Å². The van der Waals surface area contributed by atoms with Gasteiger partial charge in [0.25, 0.3) is 5.91 Å². The quantitative estimate of drug-likeness (QED) is 0.414. The van der Waals surface area contributed by atoms with Gasteiger partial charge in [-0.3, -0.25) is 14.4 Å². The molecule has 11 nitrogen and oxygen atoms in total. The Labute approximate surface area is 249 Å². The zero-order chi connectivity index (χ0) is 32.1. The number of halogens is 3. The lowest BCUT2D eigenvalue weighted by Crippen LogP contribution is -2.58. The SMILES string of the molecule is CC(C)C(NC(=O)[C@@H]1CCCN1C(=O)[C@@H](NC(=O)OCc1ccccc1)C(C)C)C(=O)N1C=NC(C(C)(C)C(F)(F)F)O1. The second-order valence-corrected chi connectivity index (χ2v) is 12.0. The van der Waals surface area contributed by atoms with Crippen molar-refractivity contribution >= 4 is 30.2 Å². The molecule has 0 saturated carbocycles. The van der Waals surface area contributed by atoms with Crippen LogP contribution < -0.4 is 10.6 Å². The van der Waals surface area contributed by atoms with Crippen LogP contribution in [-0.4, -0.2) is 77.2 Å². The van der Waals surface area contributed by atoms with Gasteiger partial charge < -0.3 is 20.3 Å². The minimum atomic E-state index is -4.64. The Kier molecular flexibility index (Phi) is 10.8. The van der Waals surface area contributed by atoms with Crippen LogP contribution in [0.4, 0.5) is 18.0 Å². The van der Waals surface area contributed by atoms with E-state index in [1.807, 2.05) is 18.2 Å². The third-order valence-corrected chi connectivity index (χ3v) is 7.57. The van der Waals surface area contributed by atoms with Crippen molar-refractivity contribution in [2.45, 2.75) is 91.5 Å². The van der Waals surface area contributed by atoms with E-state index in [4.69, 9.17) is 9.57 Å². The van der Waals surface area contributed by atoms with E-state index >= 15 is 0 Å². The number of aliphatic imine (C=N–C) groups is 1. The lowest BCUT2D eigenvalue weighted by molar-refractivity contribution is -0.268. The van der Waals surface area contributed by atoms with Crippen molar-refractivity contribution in [3.05, 3.63) is 35.9 Å². The molecule has 0 bridgehead atoms. The number of benzene rings is 1. The molecule has 1 aromatic carbocycles. The maximum absolute atomic E-state index is 13.6. The van der Waals surface area contributed by atoms with Crippen LogP contribution in [0.25, 0.3) is 0 Å². The zero-order valence-corrected chi connectivity index (χ0v) is 25.2. The molecule has 3 rings (SSSR count). The number of carbonyl (C=O) groups is 4. The van der Waals surface area contributed by atoms with Gasteiger partial charge in [-0.2, -0.15) is 18.2 Å². The summed E-state index contributed by atoms with van der Waals surface area (Å²) in [4.78, 5) is 63.0. The molecular weight excluding hydrogens is 571 g/mol. The van der Waals surface area contributed by atoms with Crippen LogP contribution in [0.15, 0.2) is 35.3 Å². The van der Waals surface area contributed by atoms with Gasteiger partial charge in [-0.05, 0) is 44.1 Å². The predicted octanol–water partition coefficient (Wildman–Crippen LogP) is 3.79. The smallest absolute Gasteiger partial charge is 0.408 e. The van der Waals surface area contributed by atoms with Crippen LogP contribution in [0.2, 0.25) is 0 Å². The largest absolute Gasteiger partial charge is 0.445 e. The molecule has 2 aliphatic heterocycles. The van der Waals surface area contributed by atoms with Crippen molar-refractivity contribution in [2.24, 2.45) is 22.2 Å². The molecule has 1 aromatic rings. The van der Waals surface area contributed by atoms with Crippen LogP contribution in [0, 0.1) is 17.3 Å². The van der Waals surface area contributed by atoms with E-state index in [9.17, 15) is 32.3 Å². The first-order chi connectivity index (χ1) is 20.0. The van der Waals surface area contributed by atoms with Gasteiger partial charge in [0.2, 0.25) is 11.8 Å². The number of carbonyl (C=O) groups excluding carboxylic acids is 4. The molecule has 1 fully saturated rings. The molecule has 14 heteroatoms. The topological polar surface area (TPSA) is 130 Å². The Morgan fingerprint density at radius 3 is 2.19 bits per heavy atom. The second kappa shape index (κ2) is 13.7. The van der Waals surface area contributed by atoms with Gasteiger partial charge in [0, 0.05) is 6.54 Å². The van der Waals surface area contributed by atoms with Gasteiger partial charge in [-0.15, -0.1) is 0 Å². The number of nitrogens with zero attached hydrogens (tertiary/aromatic N) is 3. The summed E-state index contributed by atoms with van der Waals surface area (Å²) in [5.74, 6) is -2.67. The number of amides is 4. The van der Waals surface area contributed by atoms with E-state index in [0.29, 0.717) is 17.9 Å². The highest BCUT2D eigenvalue weighted by Crippen LogP contribution is 2.43. The number of nitrogens with one attached hydrogen (secondary N) is 2. The fraction of sp³-hybridized carbons (Fsp3) is 0.621. The normalized spacial score (nSPS) is 20.3. The van der Waals surface area contributed by atoms with E-state index in [-0.39, 0.29) is 19.1 Å². The molecule has 0 radical (unpaired) electrons. The monoisotopic (exact) mass is 611 g/mol. The molecule has 1 saturated heterocycles. The van der Waals surface area contributed by atoms with E-state index in [1.54, 1.807) is 39.8 Å². The number of hydrogen-bond donors (Lipinski definition) is 2. The van der Waals surface area contributed by atoms with Gasteiger partial charge in [0.05, 0.1) is 0 Å². The summed E-state index contributed by atoms with van der Waals surface area (Å²) in [7, 11) is 0. The third-order valence-electron chi connectivity index (χ3n) is 7.57. The summed E-state index contributed by atoms with van der Waals surface area (Å²) in [6, 6.07) is 5.99. The van der Waals surface area contributed by atoms with Crippen molar-refractivity contribution < 1.29 is 41.9 Å². The number of ether oxygens (including phenoxy) is 1. The summed E-state index contributed by atoms with van der Waals surface area (Å²) in [6.45, 7) is 8.93. The van der Waals surface area contributed by atoms with Crippen LogP contribution in [0.5, 0.6) is 0 Å². The average Bonchev–Trinajstić information content (AvgIpc) is 3.63. The van der Waals surface area contributed by atoms with Crippen LogP contribution >= 0.6 is 0 Å². The van der Waals surface area contributed by atoms with E-state index in [2.05, 4.69) is 15.6 Å². The number of hydroxylamine groups is 2. The van der Waals surface area contributed by atoms with Crippen LogP contribution in [0.3, 0.4) is 0 Å². The summed E-state index contributed by atoms with van der Waals surface area (Å²) in [6.07, 6.45) is -5.38. The van der Waals surface area contributed by atoms with E-state index in [0.717, 1.165) is 25.7 Å². The zero-order valence-electron chi connectivity index (χ0n) is 25.2. The summed E-state index contributed by atoms with van der Waals surface area (Å²) >= 11 is 0. The number of rotatable bonds is 10. The second-order valence-electron chi connectivity index (χ2n) is 12.0. The van der Waals surface area contributed by atoms with Gasteiger partial charge in [0.1, 0.15) is 36.5 Å². The van der Waals surface area contributed by atoms with Crippen molar-refractivity contribution in [1.82, 2.24) is 20.6 Å². The van der Waals surface area contributed by atoms with Crippen molar-refractivity contribution in [3.63, 3.8) is 0 Å². The van der Waals surface area contributed by atoms with Crippen LogP contribution in [-0.2, 0) is 30.6 Å². The highest BCUT2D eigenvalue weighted by Gasteiger charge is 2.56. The highest BCUT2D eigenvalue weighted by molar-refractivity contribution is 5.96. The Morgan fingerprint density at radius 2 is 1.60 bits per heavy atom. The Hall–Kier alpha value is -3.68. The molecule has 0 aromatic heterocycles.